The van der Waals surface area contributed by atoms with Crippen molar-refractivity contribution < 1.29 is 9.90 Å². The molecular weight excluding hydrogens is 409 g/mol. The van der Waals surface area contributed by atoms with E-state index in [0.29, 0.717) is 33.8 Å². The molecule has 2 aromatic rings. The third-order valence-corrected chi connectivity index (χ3v) is 5.77. The number of amides is 1. The molecule has 144 valence electrons. The van der Waals surface area contributed by atoms with E-state index in [-0.39, 0.29) is 17.7 Å². The molecule has 1 amide bonds. The zero-order valence-corrected chi connectivity index (χ0v) is 17.0. The van der Waals surface area contributed by atoms with Crippen molar-refractivity contribution in [2.45, 2.75) is 13.0 Å². The summed E-state index contributed by atoms with van der Waals surface area (Å²) in [6.07, 6.45) is 0. The van der Waals surface area contributed by atoms with Crippen molar-refractivity contribution in [1.29, 1.82) is 0 Å². The van der Waals surface area contributed by atoms with E-state index in [0.717, 1.165) is 18.8 Å². The third kappa shape index (κ3) is 4.61. The first-order valence-electron chi connectivity index (χ1n) is 8.59. The van der Waals surface area contributed by atoms with Crippen molar-refractivity contribution >= 4 is 52.1 Å². The van der Waals surface area contributed by atoms with Crippen LogP contribution in [0.25, 0.3) is 0 Å². The highest BCUT2D eigenvalue weighted by atomic mass is 35.5. The standard InChI is InChI=1S/C19H20Cl3N3O2/c1-12(19(27)23-16-11-14(21)13(20)10-15(16)22)24-6-8-25(9-7-24)17-4-2-3-5-18(17)26/h2-5,10-12,26H,6-9H2,1H3,(H,23,27)/t12-/m0/s1. The second-order valence-electron chi connectivity index (χ2n) is 6.42. The number of hydrogen-bond donors (Lipinski definition) is 2. The van der Waals surface area contributed by atoms with E-state index < -0.39 is 0 Å². The minimum atomic E-state index is -0.331. The number of carbonyl (C=O) groups is 1. The van der Waals surface area contributed by atoms with Gasteiger partial charge in [0.05, 0.1) is 32.5 Å². The molecule has 2 aromatic carbocycles. The lowest BCUT2D eigenvalue weighted by Crippen LogP contribution is -2.52. The van der Waals surface area contributed by atoms with Gasteiger partial charge in [0.2, 0.25) is 5.91 Å². The minimum absolute atomic E-state index is 0.161. The van der Waals surface area contributed by atoms with E-state index in [9.17, 15) is 9.90 Å². The van der Waals surface area contributed by atoms with Crippen LogP contribution < -0.4 is 10.2 Å². The number of carbonyl (C=O) groups excluding carboxylic acids is 1. The van der Waals surface area contributed by atoms with Crippen LogP contribution in [0.4, 0.5) is 11.4 Å². The lowest BCUT2D eigenvalue weighted by atomic mass is 10.2. The second-order valence-corrected chi connectivity index (χ2v) is 7.64. The average molecular weight is 429 g/mol. The molecule has 0 spiro atoms. The molecule has 0 aliphatic carbocycles. The number of piperazine rings is 1. The van der Waals surface area contributed by atoms with Crippen molar-refractivity contribution in [2.24, 2.45) is 0 Å². The quantitative estimate of drug-likeness (QED) is 0.704. The van der Waals surface area contributed by atoms with Crippen LogP contribution in [0.2, 0.25) is 15.1 Å². The number of benzene rings is 2. The predicted molar refractivity (Wildman–Crippen MR) is 111 cm³/mol. The average Bonchev–Trinajstić information content (AvgIpc) is 2.66. The molecule has 0 saturated carbocycles. The van der Waals surface area contributed by atoms with Crippen LogP contribution in [0.15, 0.2) is 36.4 Å². The summed E-state index contributed by atoms with van der Waals surface area (Å²) >= 11 is 18.1. The Labute approximate surface area is 173 Å². The Morgan fingerprint density at radius 2 is 1.67 bits per heavy atom. The third-order valence-electron chi connectivity index (χ3n) is 4.73. The van der Waals surface area contributed by atoms with Crippen molar-refractivity contribution in [1.82, 2.24) is 4.90 Å². The Kier molecular flexibility index (Phi) is 6.37. The van der Waals surface area contributed by atoms with Crippen molar-refractivity contribution in [2.75, 3.05) is 36.4 Å². The number of nitrogens with zero attached hydrogens (tertiary/aromatic N) is 2. The number of rotatable bonds is 4. The number of anilines is 2. The van der Waals surface area contributed by atoms with E-state index in [2.05, 4.69) is 15.1 Å². The molecule has 0 bridgehead atoms. The van der Waals surface area contributed by atoms with Crippen molar-refractivity contribution in [3.8, 4) is 5.75 Å². The highest BCUT2D eigenvalue weighted by Gasteiger charge is 2.27. The van der Waals surface area contributed by atoms with Gasteiger partial charge < -0.3 is 15.3 Å². The van der Waals surface area contributed by atoms with Crippen LogP contribution in [0.3, 0.4) is 0 Å². The molecule has 0 unspecified atom stereocenters. The van der Waals surface area contributed by atoms with Crippen molar-refractivity contribution in [3.63, 3.8) is 0 Å². The van der Waals surface area contributed by atoms with Gasteiger partial charge in [-0.05, 0) is 31.2 Å². The number of hydrogen-bond acceptors (Lipinski definition) is 4. The Balaban J connectivity index is 1.60. The van der Waals surface area contributed by atoms with Crippen LogP contribution in [0.1, 0.15) is 6.92 Å². The Bertz CT molecular complexity index is 839. The number of nitrogens with one attached hydrogen (secondary N) is 1. The lowest BCUT2D eigenvalue weighted by molar-refractivity contribution is -0.120. The predicted octanol–water partition coefficient (Wildman–Crippen LogP) is 4.50. The van der Waals surface area contributed by atoms with Crippen LogP contribution in [-0.4, -0.2) is 48.1 Å². The SMILES string of the molecule is C[C@@H](C(=O)Nc1cc(Cl)c(Cl)cc1Cl)N1CCN(c2ccccc2O)CC1. The molecule has 27 heavy (non-hydrogen) atoms. The molecule has 1 fully saturated rings. The normalized spacial score (nSPS) is 16.2. The molecule has 3 rings (SSSR count). The maximum Gasteiger partial charge on any atom is 0.241 e. The second kappa shape index (κ2) is 8.57. The molecule has 1 saturated heterocycles. The summed E-state index contributed by atoms with van der Waals surface area (Å²) < 4.78 is 0. The van der Waals surface area contributed by atoms with Gasteiger partial charge in [0.25, 0.3) is 0 Å². The van der Waals surface area contributed by atoms with Gasteiger partial charge in [-0.3, -0.25) is 9.69 Å². The number of aromatic hydroxyl groups is 1. The summed E-state index contributed by atoms with van der Waals surface area (Å²) in [5.41, 5.74) is 1.26. The molecule has 5 nitrogen and oxygen atoms in total. The van der Waals surface area contributed by atoms with Crippen LogP contribution in [0, 0.1) is 0 Å². The first-order chi connectivity index (χ1) is 12.9. The number of halogens is 3. The van der Waals surface area contributed by atoms with E-state index in [1.54, 1.807) is 18.2 Å². The molecule has 1 heterocycles. The van der Waals surface area contributed by atoms with Gasteiger partial charge in [-0.25, -0.2) is 0 Å². The highest BCUT2D eigenvalue weighted by molar-refractivity contribution is 6.44. The van der Waals surface area contributed by atoms with E-state index >= 15 is 0 Å². The summed E-state index contributed by atoms with van der Waals surface area (Å²) in [7, 11) is 0. The highest BCUT2D eigenvalue weighted by Crippen LogP contribution is 2.32. The molecule has 2 N–H and O–H groups in total. The molecule has 1 aliphatic rings. The summed E-state index contributed by atoms with van der Waals surface area (Å²) in [5.74, 6) is 0.109. The smallest absolute Gasteiger partial charge is 0.241 e. The molecule has 1 atom stereocenters. The van der Waals surface area contributed by atoms with E-state index in [1.807, 2.05) is 19.1 Å². The molecule has 1 aliphatic heterocycles. The van der Waals surface area contributed by atoms with Crippen LogP contribution >= 0.6 is 34.8 Å². The van der Waals surface area contributed by atoms with Gasteiger partial charge in [0, 0.05) is 26.2 Å². The number of para-hydroxylation sites is 2. The first kappa shape index (κ1) is 20.1. The van der Waals surface area contributed by atoms with Gasteiger partial charge >= 0.3 is 0 Å². The number of phenols is 1. The fraction of sp³-hybridized carbons (Fsp3) is 0.316. The maximum absolute atomic E-state index is 12.6. The number of phenolic OH excluding ortho intramolecular Hbond substituents is 1. The fourth-order valence-corrected chi connectivity index (χ4v) is 3.70. The maximum atomic E-state index is 12.6. The van der Waals surface area contributed by atoms with Gasteiger partial charge in [-0.2, -0.15) is 0 Å². The largest absolute Gasteiger partial charge is 0.506 e. The Hall–Kier alpha value is -1.66. The minimum Gasteiger partial charge on any atom is -0.506 e. The lowest BCUT2D eigenvalue weighted by Gasteiger charge is -2.38. The van der Waals surface area contributed by atoms with Gasteiger partial charge in [0.15, 0.2) is 0 Å². The summed E-state index contributed by atoms with van der Waals surface area (Å²) in [6.45, 7) is 4.72. The Morgan fingerprint density at radius 3 is 2.33 bits per heavy atom. The summed E-state index contributed by atoms with van der Waals surface area (Å²) in [4.78, 5) is 16.8. The fourth-order valence-electron chi connectivity index (χ4n) is 3.10. The van der Waals surface area contributed by atoms with E-state index in [4.69, 9.17) is 34.8 Å². The molecule has 0 aromatic heterocycles. The van der Waals surface area contributed by atoms with Crippen LogP contribution in [0.5, 0.6) is 5.75 Å². The molecular formula is C19H20Cl3N3O2. The zero-order chi connectivity index (χ0) is 19.6. The van der Waals surface area contributed by atoms with Gasteiger partial charge in [-0.1, -0.05) is 46.9 Å². The van der Waals surface area contributed by atoms with Gasteiger partial charge in [0.1, 0.15) is 5.75 Å². The zero-order valence-electron chi connectivity index (χ0n) is 14.8. The summed E-state index contributed by atoms with van der Waals surface area (Å²) in [6, 6.07) is 10.0. The first-order valence-corrected chi connectivity index (χ1v) is 9.72. The summed E-state index contributed by atoms with van der Waals surface area (Å²) in [5, 5.41) is 13.8. The molecule has 8 heteroatoms. The van der Waals surface area contributed by atoms with Gasteiger partial charge in [-0.15, -0.1) is 0 Å². The van der Waals surface area contributed by atoms with Crippen molar-refractivity contribution in [3.05, 3.63) is 51.5 Å². The topological polar surface area (TPSA) is 55.8 Å². The van der Waals surface area contributed by atoms with Crippen LogP contribution in [-0.2, 0) is 4.79 Å². The monoisotopic (exact) mass is 427 g/mol. The van der Waals surface area contributed by atoms with E-state index in [1.165, 1.54) is 6.07 Å². The molecule has 0 radical (unpaired) electrons. The Morgan fingerprint density at radius 1 is 1.04 bits per heavy atom.